The molecule has 1 amide bonds. The van der Waals surface area contributed by atoms with E-state index in [1.807, 2.05) is 11.0 Å². The van der Waals surface area contributed by atoms with Crippen molar-refractivity contribution in [3.8, 4) is 11.1 Å². The van der Waals surface area contributed by atoms with Crippen LogP contribution in [0.3, 0.4) is 0 Å². The first-order valence-corrected chi connectivity index (χ1v) is 8.61. The summed E-state index contributed by atoms with van der Waals surface area (Å²) in [5, 5.41) is 0. The number of piperidine rings is 1. The van der Waals surface area contributed by atoms with Crippen molar-refractivity contribution in [1.29, 1.82) is 0 Å². The summed E-state index contributed by atoms with van der Waals surface area (Å²) >= 11 is 0. The molecule has 7 heteroatoms. The molecule has 1 saturated heterocycles. The molecule has 0 radical (unpaired) electrons. The molecule has 1 atom stereocenters. The molecule has 7 nitrogen and oxygen atoms in total. The van der Waals surface area contributed by atoms with Gasteiger partial charge in [0.2, 0.25) is 5.95 Å². The summed E-state index contributed by atoms with van der Waals surface area (Å²) in [6.45, 7) is 4.21. The largest absolute Gasteiger partial charge is 0.376 e. The summed E-state index contributed by atoms with van der Waals surface area (Å²) in [6.07, 6.45) is 9.62. The first kappa shape index (κ1) is 17.3. The van der Waals surface area contributed by atoms with Gasteiger partial charge >= 0.3 is 0 Å². The molecule has 1 fully saturated rings. The Kier molecular flexibility index (Phi) is 5.55. The molecule has 132 valence electrons. The fraction of sp³-hybridized carbons (Fsp3) is 0.444. The summed E-state index contributed by atoms with van der Waals surface area (Å²) in [6, 6.07) is 1.82. The van der Waals surface area contributed by atoms with Gasteiger partial charge in [-0.05, 0) is 25.3 Å². The van der Waals surface area contributed by atoms with Gasteiger partial charge in [-0.1, -0.05) is 6.92 Å². The van der Waals surface area contributed by atoms with Crippen molar-refractivity contribution in [2.24, 2.45) is 0 Å². The van der Waals surface area contributed by atoms with Gasteiger partial charge in [-0.15, -0.1) is 0 Å². The molecule has 0 spiro atoms. The maximum atomic E-state index is 12.8. The van der Waals surface area contributed by atoms with Crippen LogP contribution in [0.1, 0.15) is 36.5 Å². The fourth-order valence-electron chi connectivity index (χ4n) is 2.93. The van der Waals surface area contributed by atoms with Crippen LogP contribution in [-0.2, 0) is 4.74 Å². The minimum atomic E-state index is -0.0180. The molecule has 0 aromatic carbocycles. The number of hydrogen-bond acceptors (Lipinski definition) is 6. The number of carbonyl (C=O) groups excluding carboxylic acids is 1. The quantitative estimate of drug-likeness (QED) is 0.895. The van der Waals surface area contributed by atoms with Crippen LogP contribution in [0.25, 0.3) is 11.1 Å². The van der Waals surface area contributed by atoms with Crippen molar-refractivity contribution >= 4 is 11.9 Å². The third kappa shape index (κ3) is 4.30. The highest BCUT2D eigenvalue weighted by atomic mass is 16.5. The lowest BCUT2D eigenvalue weighted by Gasteiger charge is -2.32. The third-order valence-corrected chi connectivity index (χ3v) is 4.21. The number of ether oxygens (including phenoxy) is 1. The number of nitrogen functional groups attached to an aromatic ring is 1. The Morgan fingerprint density at radius 3 is 2.84 bits per heavy atom. The van der Waals surface area contributed by atoms with Gasteiger partial charge in [0.05, 0.1) is 11.7 Å². The normalized spacial score (nSPS) is 17.5. The summed E-state index contributed by atoms with van der Waals surface area (Å²) < 4.78 is 5.81. The van der Waals surface area contributed by atoms with Gasteiger partial charge in [-0.3, -0.25) is 9.78 Å². The Morgan fingerprint density at radius 1 is 1.28 bits per heavy atom. The first-order valence-electron chi connectivity index (χ1n) is 8.61. The highest BCUT2D eigenvalue weighted by Gasteiger charge is 2.25. The van der Waals surface area contributed by atoms with E-state index in [-0.39, 0.29) is 18.0 Å². The van der Waals surface area contributed by atoms with Crippen molar-refractivity contribution in [3.05, 3.63) is 36.4 Å². The van der Waals surface area contributed by atoms with E-state index in [9.17, 15) is 4.79 Å². The number of amides is 1. The number of aromatic nitrogens is 3. The minimum absolute atomic E-state index is 0.0180. The van der Waals surface area contributed by atoms with E-state index in [1.54, 1.807) is 24.8 Å². The maximum Gasteiger partial charge on any atom is 0.255 e. The highest BCUT2D eigenvalue weighted by molar-refractivity contribution is 5.95. The molecule has 0 aliphatic carbocycles. The SMILES string of the molecule is CCCO[C@H]1CCCN(C(=O)c2cncc(-c3cnc(N)nc3)c2)C1. The number of pyridine rings is 1. The molecule has 2 aromatic heterocycles. The number of nitrogens with two attached hydrogens (primary N) is 1. The molecule has 0 bridgehead atoms. The maximum absolute atomic E-state index is 12.8. The number of anilines is 1. The number of rotatable bonds is 5. The van der Waals surface area contributed by atoms with Crippen LogP contribution in [0.15, 0.2) is 30.9 Å². The van der Waals surface area contributed by atoms with Gasteiger partial charge in [0, 0.05) is 55.6 Å². The average Bonchev–Trinajstić information content (AvgIpc) is 2.66. The smallest absolute Gasteiger partial charge is 0.255 e. The van der Waals surface area contributed by atoms with Gasteiger partial charge < -0.3 is 15.4 Å². The summed E-state index contributed by atoms with van der Waals surface area (Å²) in [5.41, 5.74) is 7.65. The zero-order valence-electron chi connectivity index (χ0n) is 14.4. The topological polar surface area (TPSA) is 94.2 Å². The van der Waals surface area contributed by atoms with Crippen molar-refractivity contribution < 1.29 is 9.53 Å². The Morgan fingerprint density at radius 2 is 2.08 bits per heavy atom. The van der Waals surface area contributed by atoms with Crippen LogP contribution < -0.4 is 5.73 Å². The van der Waals surface area contributed by atoms with Gasteiger partial charge in [-0.25, -0.2) is 9.97 Å². The lowest BCUT2D eigenvalue weighted by atomic mass is 10.1. The van der Waals surface area contributed by atoms with Gasteiger partial charge in [0.15, 0.2) is 0 Å². The van der Waals surface area contributed by atoms with E-state index in [4.69, 9.17) is 10.5 Å². The molecule has 2 N–H and O–H groups in total. The number of likely N-dealkylation sites (tertiary alicyclic amines) is 1. The molecule has 2 aromatic rings. The lowest BCUT2D eigenvalue weighted by Crippen LogP contribution is -2.43. The van der Waals surface area contributed by atoms with Gasteiger partial charge in [-0.2, -0.15) is 0 Å². The summed E-state index contributed by atoms with van der Waals surface area (Å²) in [7, 11) is 0. The predicted octanol–water partition coefficient (Wildman–Crippen LogP) is 2.15. The molecule has 0 saturated carbocycles. The fourth-order valence-corrected chi connectivity index (χ4v) is 2.93. The van der Waals surface area contributed by atoms with Crippen LogP contribution in [0.2, 0.25) is 0 Å². The predicted molar refractivity (Wildman–Crippen MR) is 94.8 cm³/mol. The van der Waals surface area contributed by atoms with Crippen molar-refractivity contribution in [2.75, 3.05) is 25.4 Å². The number of hydrogen-bond donors (Lipinski definition) is 1. The Balaban J connectivity index is 1.73. The van der Waals surface area contributed by atoms with Crippen LogP contribution in [0.4, 0.5) is 5.95 Å². The second kappa shape index (κ2) is 8.02. The second-order valence-corrected chi connectivity index (χ2v) is 6.18. The Labute approximate surface area is 147 Å². The molecular weight excluding hydrogens is 318 g/mol. The van der Waals surface area contributed by atoms with Gasteiger partial charge in [0.1, 0.15) is 0 Å². The molecular formula is C18H23N5O2. The first-order chi connectivity index (χ1) is 12.2. The molecule has 3 heterocycles. The van der Waals surface area contributed by atoms with E-state index in [2.05, 4.69) is 21.9 Å². The molecule has 1 aliphatic heterocycles. The zero-order valence-corrected chi connectivity index (χ0v) is 14.4. The van der Waals surface area contributed by atoms with Crippen LogP contribution in [0.5, 0.6) is 0 Å². The van der Waals surface area contributed by atoms with E-state index in [0.29, 0.717) is 12.1 Å². The average molecular weight is 341 g/mol. The zero-order chi connectivity index (χ0) is 17.6. The summed E-state index contributed by atoms with van der Waals surface area (Å²) in [5.74, 6) is 0.200. The van der Waals surface area contributed by atoms with E-state index >= 15 is 0 Å². The van der Waals surface area contributed by atoms with E-state index in [1.165, 1.54) is 0 Å². The standard InChI is InChI=1S/C18H23N5O2/c1-2-6-25-16-4-3-5-23(12-16)17(24)14-7-13(8-20-9-14)15-10-21-18(19)22-11-15/h7-11,16H,2-6,12H2,1H3,(H2,19,21,22)/t16-/m0/s1. The van der Waals surface area contributed by atoms with Crippen LogP contribution >= 0.6 is 0 Å². The number of carbonyl (C=O) groups is 1. The minimum Gasteiger partial charge on any atom is -0.376 e. The van der Waals surface area contributed by atoms with E-state index in [0.717, 1.165) is 43.5 Å². The molecule has 3 rings (SSSR count). The molecule has 25 heavy (non-hydrogen) atoms. The molecule has 1 aliphatic rings. The summed E-state index contributed by atoms with van der Waals surface area (Å²) in [4.78, 5) is 26.9. The number of nitrogens with zero attached hydrogens (tertiary/aromatic N) is 4. The van der Waals surface area contributed by atoms with E-state index < -0.39 is 0 Å². The van der Waals surface area contributed by atoms with Crippen molar-refractivity contribution in [2.45, 2.75) is 32.3 Å². The highest BCUT2D eigenvalue weighted by Crippen LogP contribution is 2.21. The van der Waals surface area contributed by atoms with Crippen molar-refractivity contribution in [1.82, 2.24) is 19.9 Å². The van der Waals surface area contributed by atoms with Crippen LogP contribution in [-0.4, -0.2) is 51.6 Å². The Hall–Kier alpha value is -2.54. The Bertz CT molecular complexity index is 720. The molecule has 0 unspecified atom stereocenters. The second-order valence-electron chi connectivity index (χ2n) is 6.18. The van der Waals surface area contributed by atoms with Crippen LogP contribution in [0, 0.1) is 0 Å². The lowest BCUT2D eigenvalue weighted by molar-refractivity contribution is 0.00210. The monoisotopic (exact) mass is 341 g/mol. The van der Waals surface area contributed by atoms with Gasteiger partial charge in [0.25, 0.3) is 5.91 Å². The van der Waals surface area contributed by atoms with Crippen molar-refractivity contribution in [3.63, 3.8) is 0 Å². The third-order valence-electron chi connectivity index (χ3n) is 4.21.